The lowest BCUT2D eigenvalue weighted by Gasteiger charge is -2.17. The number of aryl methyl sites for hydroxylation is 1. The van der Waals surface area contributed by atoms with E-state index in [-0.39, 0.29) is 18.1 Å². The minimum Gasteiger partial charge on any atom is -0.442 e. The number of anilines is 1. The van der Waals surface area contributed by atoms with Gasteiger partial charge in [-0.1, -0.05) is 6.07 Å². The minimum absolute atomic E-state index is 0.117. The summed E-state index contributed by atoms with van der Waals surface area (Å²) in [5.74, 6) is -0.117. The fraction of sp³-hybridized carbons (Fsp3) is 0.529. The van der Waals surface area contributed by atoms with Crippen molar-refractivity contribution in [2.75, 3.05) is 31.6 Å². The lowest BCUT2D eigenvalue weighted by atomic mass is 10.0. The Kier molecular flexibility index (Phi) is 4.52. The van der Waals surface area contributed by atoms with E-state index >= 15 is 0 Å². The van der Waals surface area contributed by atoms with Gasteiger partial charge in [-0.05, 0) is 49.7 Å². The summed E-state index contributed by atoms with van der Waals surface area (Å²) >= 11 is 0. The molecule has 2 heterocycles. The monoisotopic (exact) mass is 317 g/mol. The zero-order valence-corrected chi connectivity index (χ0v) is 13.7. The molecule has 1 saturated heterocycles. The van der Waals surface area contributed by atoms with E-state index in [2.05, 4.69) is 29.4 Å². The fourth-order valence-electron chi connectivity index (χ4n) is 3.17. The Hall–Kier alpha value is -2.08. The maximum Gasteiger partial charge on any atom is 0.414 e. The highest BCUT2D eigenvalue weighted by molar-refractivity contribution is 5.90. The highest BCUT2D eigenvalue weighted by Crippen LogP contribution is 2.27. The van der Waals surface area contributed by atoms with Gasteiger partial charge in [-0.15, -0.1) is 0 Å². The van der Waals surface area contributed by atoms with Crippen molar-refractivity contribution in [3.63, 3.8) is 0 Å². The molecule has 2 amide bonds. The van der Waals surface area contributed by atoms with Crippen molar-refractivity contribution in [3.05, 3.63) is 29.3 Å². The molecule has 0 unspecified atom stereocenters. The Morgan fingerprint density at radius 1 is 1.39 bits per heavy atom. The first-order valence-corrected chi connectivity index (χ1v) is 8.06. The third-order valence-electron chi connectivity index (χ3n) is 4.38. The largest absolute Gasteiger partial charge is 0.442 e. The highest BCUT2D eigenvalue weighted by atomic mass is 16.6. The molecule has 2 aliphatic rings. The smallest absolute Gasteiger partial charge is 0.414 e. The molecule has 124 valence electrons. The average Bonchev–Trinajstić information content (AvgIpc) is 2.77. The van der Waals surface area contributed by atoms with Gasteiger partial charge in [-0.25, -0.2) is 4.79 Å². The van der Waals surface area contributed by atoms with Gasteiger partial charge in [-0.2, -0.15) is 0 Å². The Labute approximate surface area is 136 Å². The lowest BCUT2D eigenvalue weighted by Crippen LogP contribution is -2.33. The number of carbonyl (C=O) groups is 2. The van der Waals surface area contributed by atoms with Crippen LogP contribution in [0, 0.1) is 0 Å². The second kappa shape index (κ2) is 6.58. The third-order valence-corrected chi connectivity index (χ3v) is 4.38. The molecule has 0 spiro atoms. The Morgan fingerprint density at radius 2 is 2.22 bits per heavy atom. The molecule has 0 saturated carbocycles. The fourth-order valence-corrected chi connectivity index (χ4v) is 3.17. The molecule has 0 aromatic heterocycles. The van der Waals surface area contributed by atoms with Crippen LogP contribution in [0.25, 0.3) is 0 Å². The molecule has 1 fully saturated rings. The van der Waals surface area contributed by atoms with Crippen molar-refractivity contribution < 1.29 is 14.3 Å². The van der Waals surface area contributed by atoms with Gasteiger partial charge in [0.1, 0.15) is 6.10 Å². The van der Waals surface area contributed by atoms with E-state index in [1.807, 2.05) is 6.07 Å². The molecule has 6 heteroatoms. The second-order valence-corrected chi connectivity index (χ2v) is 6.35. The number of amides is 2. The topological polar surface area (TPSA) is 61.9 Å². The molecule has 23 heavy (non-hydrogen) atoms. The van der Waals surface area contributed by atoms with Crippen LogP contribution in [0.1, 0.15) is 24.5 Å². The average molecular weight is 317 g/mol. The Morgan fingerprint density at radius 3 is 3.00 bits per heavy atom. The van der Waals surface area contributed by atoms with Gasteiger partial charge >= 0.3 is 6.09 Å². The summed E-state index contributed by atoms with van der Waals surface area (Å²) in [6.07, 6.45) is 1.52. The zero-order valence-electron chi connectivity index (χ0n) is 13.7. The molecule has 0 bridgehead atoms. The van der Waals surface area contributed by atoms with Crippen molar-refractivity contribution in [3.8, 4) is 0 Å². The summed E-state index contributed by atoms with van der Waals surface area (Å²) in [4.78, 5) is 27.1. The molecule has 0 radical (unpaired) electrons. The summed E-state index contributed by atoms with van der Waals surface area (Å²) in [6.45, 7) is 4.32. The number of hydrogen-bond donors (Lipinski definition) is 1. The van der Waals surface area contributed by atoms with Gasteiger partial charge < -0.3 is 15.0 Å². The molecule has 1 aromatic rings. The summed E-state index contributed by atoms with van der Waals surface area (Å²) in [7, 11) is 2.13. The number of nitrogens with one attached hydrogen (secondary N) is 1. The van der Waals surface area contributed by atoms with Crippen LogP contribution >= 0.6 is 0 Å². The number of cyclic esters (lactones) is 1. The van der Waals surface area contributed by atoms with Crippen LogP contribution in [0.5, 0.6) is 0 Å². The van der Waals surface area contributed by atoms with Crippen molar-refractivity contribution in [2.45, 2.75) is 32.4 Å². The molecular weight excluding hydrogens is 294 g/mol. The van der Waals surface area contributed by atoms with Crippen LogP contribution in [0.15, 0.2) is 18.2 Å². The second-order valence-electron chi connectivity index (χ2n) is 6.35. The number of nitrogens with zero attached hydrogens (tertiary/aromatic N) is 2. The third kappa shape index (κ3) is 3.64. The molecule has 3 rings (SSSR count). The van der Waals surface area contributed by atoms with Gasteiger partial charge in [0, 0.05) is 19.2 Å². The SMILES string of the molecule is CC(=O)NC[C@H]1CN(c2ccc3c(c2)CCCN(C)C3)C(=O)O1. The Bertz CT molecular complexity index is 617. The van der Waals surface area contributed by atoms with Gasteiger partial charge in [0.2, 0.25) is 5.91 Å². The van der Waals surface area contributed by atoms with E-state index in [0.717, 1.165) is 31.6 Å². The van der Waals surface area contributed by atoms with E-state index in [1.54, 1.807) is 4.90 Å². The standard InChI is InChI=1S/C17H23N3O3/c1-12(21)18-9-16-11-20(17(22)23-16)15-6-5-14-10-19(2)7-3-4-13(14)8-15/h5-6,8,16H,3-4,7,9-11H2,1-2H3,(H,18,21)/t16-/m0/s1. The predicted molar refractivity (Wildman–Crippen MR) is 87.4 cm³/mol. The number of carbonyl (C=O) groups excluding carboxylic acids is 2. The van der Waals surface area contributed by atoms with Gasteiger partial charge in [0.15, 0.2) is 0 Å². The van der Waals surface area contributed by atoms with Crippen LogP contribution in [-0.2, 0) is 22.5 Å². The van der Waals surface area contributed by atoms with Gasteiger partial charge in [0.05, 0.1) is 13.1 Å². The maximum absolute atomic E-state index is 12.1. The predicted octanol–water partition coefficient (Wildman–Crippen LogP) is 1.53. The number of rotatable bonds is 3. The zero-order chi connectivity index (χ0) is 16.4. The van der Waals surface area contributed by atoms with Gasteiger partial charge in [-0.3, -0.25) is 9.69 Å². The number of fused-ring (bicyclic) bond motifs is 1. The molecule has 1 atom stereocenters. The maximum atomic E-state index is 12.1. The van der Waals surface area contributed by atoms with Crippen molar-refractivity contribution in [1.29, 1.82) is 0 Å². The molecule has 1 aromatic carbocycles. The summed E-state index contributed by atoms with van der Waals surface area (Å²) in [5, 5.41) is 2.69. The lowest BCUT2D eigenvalue weighted by molar-refractivity contribution is -0.119. The van der Waals surface area contributed by atoms with Gasteiger partial charge in [0.25, 0.3) is 0 Å². The van der Waals surface area contributed by atoms with Crippen LogP contribution < -0.4 is 10.2 Å². The van der Waals surface area contributed by atoms with E-state index in [9.17, 15) is 9.59 Å². The highest BCUT2D eigenvalue weighted by Gasteiger charge is 2.32. The van der Waals surface area contributed by atoms with Crippen LogP contribution in [-0.4, -0.2) is 49.7 Å². The minimum atomic E-state index is -0.342. The van der Waals surface area contributed by atoms with Crippen molar-refractivity contribution in [2.24, 2.45) is 0 Å². The number of hydrogen-bond acceptors (Lipinski definition) is 4. The quantitative estimate of drug-likeness (QED) is 0.918. The first kappa shape index (κ1) is 15.8. The summed E-state index contributed by atoms with van der Waals surface area (Å²) < 4.78 is 5.33. The van der Waals surface area contributed by atoms with E-state index in [1.165, 1.54) is 18.1 Å². The molecule has 2 aliphatic heterocycles. The molecular formula is C17H23N3O3. The summed E-state index contributed by atoms with van der Waals surface area (Å²) in [5.41, 5.74) is 3.52. The Balaban J connectivity index is 1.73. The van der Waals surface area contributed by atoms with E-state index < -0.39 is 0 Å². The number of ether oxygens (including phenoxy) is 1. The summed E-state index contributed by atoms with van der Waals surface area (Å²) in [6, 6.07) is 6.21. The molecule has 1 N–H and O–H groups in total. The molecule has 0 aliphatic carbocycles. The molecule has 6 nitrogen and oxygen atoms in total. The van der Waals surface area contributed by atoms with Crippen LogP contribution in [0.3, 0.4) is 0 Å². The van der Waals surface area contributed by atoms with Crippen LogP contribution in [0.2, 0.25) is 0 Å². The first-order valence-electron chi connectivity index (χ1n) is 8.06. The van der Waals surface area contributed by atoms with E-state index in [0.29, 0.717) is 13.1 Å². The normalized spacial score (nSPS) is 21.6. The van der Waals surface area contributed by atoms with Crippen molar-refractivity contribution >= 4 is 17.7 Å². The first-order chi connectivity index (χ1) is 11.0. The van der Waals surface area contributed by atoms with Crippen LogP contribution in [0.4, 0.5) is 10.5 Å². The number of benzene rings is 1. The van der Waals surface area contributed by atoms with E-state index in [4.69, 9.17) is 4.74 Å². The van der Waals surface area contributed by atoms with Crippen molar-refractivity contribution in [1.82, 2.24) is 10.2 Å².